The van der Waals surface area contributed by atoms with Crippen molar-refractivity contribution in [3.63, 3.8) is 0 Å². The van der Waals surface area contributed by atoms with Crippen molar-refractivity contribution >= 4 is 48.8 Å². The number of carbonyl (C=O) groups excluding carboxylic acids is 2. The Kier molecular flexibility index (Phi) is 5.83. The van der Waals surface area contributed by atoms with Crippen LogP contribution in [0.2, 0.25) is 0 Å². The maximum absolute atomic E-state index is 14.0. The highest BCUT2D eigenvalue weighted by Gasteiger charge is 2.52. The first-order valence-electron chi connectivity index (χ1n) is 11.8. The van der Waals surface area contributed by atoms with Crippen LogP contribution in [-0.4, -0.2) is 40.5 Å². The summed E-state index contributed by atoms with van der Waals surface area (Å²) in [5.41, 5.74) is 0.309. The van der Waals surface area contributed by atoms with Crippen LogP contribution in [-0.2, 0) is 30.3 Å². The van der Waals surface area contributed by atoms with Crippen molar-refractivity contribution in [2.45, 2.75) is 49.3 Å². The second-order valence-electron chi connectivity index (χ2n) is 10.1. The lowest BCUT2D eigenvalue weighted by Gasteiger charge is -2.40. The molecular weight excluding hydrogens is 502 g/mol. The molecule has 0 saturated heterocycles. The van der Waals surface area contributed by atoms with Crippen LogP contribution < -0.4 is 10.0 Å². The van der Waals surface area contributed by atoms with Crippen LogP contribution in [0.4, 0.5) is 11.4 Å². The third-order valence-corrected chi connectivity index (χ3v) is 9.28. The number of Topliss-reactive ketones (excluding diaryl/α,β-unsaturated/α-hetero) is 2. The summed E-state index contributed by atoms with van der Waals surface area (Å²) in [5.74, 6) is -2.11. The molecule has 11 heteroatoms. The van der Waals surface area contributed by atoms with Crippen LogP contribution in [0.1, 0.15) is 54.9 Å². The van der Waals surface area contributed by atoms with Crippen molar-refractivity contribution in [2.75, 3.05) is 16.3 Å². The van der Waals surface area contributed by atoms with E-state index >= 15 is 0 Å². The zero-order valence-corrected chi connectivity index (χ0v) is 21.6. The number of carbonyl (C=O) groups is 2. The first-order valence-corrected chi connectivity index (χ1v) is 15.1. The Balaban J connectivity index is 1.57. The van der Waals surface area contributed by atoms with Crippen LogP contribution in [0.5, 0.6) is 0 Å². The number of nitrogens with zero attached hydrogens (tertiary/aromatic N) is 1. The Bertz CT molecular complexity index is 1520. The summed E-state index contributed by atoms with van der Waals surface area (Å²) in [4.78, 5) is 27.4. The maximum atomic E-state index is 14.0. The summed E-state index contributed by atoms with van der Waals surface area (Å²) >= 11 is 0. The van der Waals surface area contributed by atoms with Gasteiger partial charge in [0.05, 0.1) is 17.4 Å². The van der Waals surface area contributed by atoms with Gasteiger partial charge in [-0.05, 0) is 43.0 Å². The number of sulfonamides is 2. The van der Waals surface area contributed by atoms with Crippen molar-refractivity contribution in [3.05, 3.63) is 53.6 Å². The lowest BCUT2D eigenvalue weighted by molar-refractivity contribution is -0.126. The van der Waals surface area contributed by atoms with Gasteiger partial charge in [0.1, 0.15) is 16.6 Å². The minimum absolute atomic E-state index is 0.0585. The molecule has 1 fully saturated rings. The van der Waals surface area contributed by atoms with Gasteiger partial charge in [0.15, 0.2) is 11.6 Å². The van der Waals surface area contributed by atoms with E-state index in [1.165, 1.54) is 12.1 Å². The van der Waals surface area contributed by atoms with Gasteiger partial charge in [-0.1, -0.05) is 49.9 Å². The third kappa shape index (κ3) is 4.24. The molecule has 2 aliphatic carbocycles. The summed E-state index contributed by atoms with van der Waals surface area (Å²) in [6.07, 6.45) is 5.81. The highest BCUT2D eigenvalue weighted by atomic mass is 32.2. The largest absolute Gasteiger partial charge is 0.341 e. The van der Waals surface area contributed by atoms with Gasteiger partial charge < -0.3 is 5.32 Å². The second-order valence-corrected chi connectivity index (χ2v) is 13.4. The van der Waals surface area contributed by atoms with Crippen LogP contribution in [0.25, 0.3) is 0 Å². The van der Waals surface area contributed by atoms with E-state index in [1.54, 1.807) is 12.1 Å². The maximum Gasteiger partial charge on any atom is 0.286 e. The molecule has 3 aliphatic rings. The molecular formula is C25H27N3O6S2. The molecule has 0 spiro atoms. The zero-order valence-electron chi connectivity index (χ0n) is 19.9. The van der Waals surface area contributed by atoms with Crippen molar-refractivity contribution in [3.8, 4) is 0 Å². The van der Waals surface area contributed by atoms with E-state index in [1.807, 2.05) is 19.1 Å². The highest BCUT2D eigenvalue weighted by Crippen LogP contribution is 2.45. The third-order valence-electron chi connectivity index (χ3n) is 7.34. The molecule has 2 aromatic rings. The van der Waals surface area contributed by atoms with E-state index in [0.717, 1.165) is 38.0 Å². The van der Waals surface area contributed by atoms with Gasteiger partial charge in [-0.2, -0.15) is 8.42 Å². The van der Waals surface area contributed by atoms with Gasteiger partial charge in [-0.25, -0.2) is 8.42 Å². The van der Waals surface area contributed by atoms with E-state index in [0.29, 0.717) is 23.5 Å². The van der Waals surface area contributed by atoms with Crippen molar-refractivity contribution in [2.24, 2.45) is 16.2 Å². The highest BCUT2D eigenvalue weighted by molar-refractivity contribution is 7.92. The number of fused-ring (bicyclic) bond motifs is 2. The molecule has 1 aliphatic heterocycles. The molecule has 0 aromatic heterocycles. The molecule has 2 aromatic carbocycles. The summed E-state index contributed by atoms with van der Waals surface area (Å²) in [7, 11) is -7.94. The fourth-order valence-corrected chi connectivity index (χ4v) is 7.47. The zero-order chi connectivity index (χ0) is 25.9. The summed E-state index contributed by atoms with van der Waals surface area (Å²) in [6.45, 7) is 1.85. The van der Waals surface area contributed by atoms with Gasteiger partial charge in [-0.15, -0.1) is 4.40 Å². The van der Waals surface area contributed by atoms with Crippen molar-refractivity contribution in [1.29, 1.82) is 0 Å². The number of benzene rings is 2. The minimum Gasteiger partial charge on any atom is -0.341 e. The van der Waals surface area contributed by atoms with Gasteiger partial charge in [0, 0.05) is 11.3 Å². The lowest BCUT2D eigenvalue weighted by Crippen LogP contribution is -2.52. The number of anilines is 2. The van der Waals surface area contributed by atoms with Crippen molar-refractivity contribution < 1.29 is 26.4 Å². The predicted molar refractivity (Wildman–Crippen MR) is 136 cm³/mol. The molecule has 1 unspecified atom stereocenters. The fourth-order valence-electron chi connectivity index (χ4n) is 5.74. The number of rotatable bonds is 5. The van der Waals surface area contributed by atoms with Crippen LogP contribution >= 0.6 is 0 Å². The normalized spacial score (nSPS) is 25.5. The number of ketones is 2. The van der Waals surface area contributed by atoms with E-state index in [9.17, 15) is 26.4 Å². The summed E-state index contributed by atoms with van der Waals surface area (Å²) in [5, 5.41) is 2.89. The predicted octanol–water partition coefficient (Wildman–Crippen LogP) is 3.49. The Morgan fingerprint density at radius 2 is 1.81 bits per heavy atom. The van der Waals surface area contributed by atoms with Gasteiger partial charge >= 0.3 is 0 Å². The molecule has 2 atom stereocenters. The first-order chi connectivity index (χ1) is 16.9. The van der Waals surface area contributed by atoms with E-state index < -0.39 is 37.2 Å². The average Bonchev–Trinajstić information content (AvgIpc) is 3.30. The Hall–Kier alpha value is -3.05. The van der Waals surface area contributed by atoms with Crippen LogP contribution in [0, 0.1) is 11.8 Å². The van der Waals surface area contributed by atoms with E-state index in [4.69, 9.17) is 0 Å². The molecule has 2 N–H and O–H groups in total. The van der Waals surface area contributed by atoms with Gasteiger partial charge in [0.25, 0.3) is 10.0 Å². The summed E-state index contributed by atoms with van der Waals surface area (Å²) in [6, 6.07) is 11.0. The molecule has 1 saturated carbocycles. The molecule has 1 heterocycles. The second kappa shape index (κ2) is 8.52. The molecule has 0 bridgehead atoms. The number of nitrogens with one attached hydrogen (secondary N) is 2. The Labute approximate surface area is 210 Å². The minimum atomic E-state index is -4.32. The molecule has 190 valence electrons. The topological polar surface area (TPSA) is 139 Å². The molecule has 0 radical (unpaired) electrons. The number of amidine groups is 1. The van der Waals surface area contributed by atoms with Gasteiger partial charge in [0.2, 0.25) is 10.0 Å². The summed E-state index contributed by atoms with van der Waals surface area (Å²) < 4.78 is 55.4. The number of hydrogen-bond acceptors (Lipinski definition) is 7. The Morgan fingerprint density at radius 3 is 2.50 bits per heavy atom. The SMILES string of the molecule is C[C@@]1(CC2CCCC2)C(=O)C(C2=NS(=O)(=O)c3cc(NS(C)(=O)=O)ccc3N2)C(=O)c2ccccc21. The first kappa shape index (κ1) is 24.6. The quantitative estimate of drug-likeness (QED) is 0.565. The molecule has 0 amide bonds. The smallest absolute Gasteiger partial charge is 0.286 e. The number of hydrogen-bond donors (Lipinski definition) is 2. The van der Waals surface area contributed by atoms with Crippen LogP contribution in [0.3, 0.4) is 0 Å². The average molecular weight is 530 g/mol. The van der Waals surface area contributed by atoms with Crippen molar-refractivity contribution in [1.82, 2.24) is 0 Å². The van der Waals surface area contributed by atoms with Crippen LogP contribution in [0.15, 0.2) is 51.8 Å². The van der Waals surface area contributed by atoms with E-state index in [2.05, 4.69) is 14.4 Å². The van der Waals surface area contributed by atoms with Gasteiger partial charge in [-0.3, -0.25) is 14.3 Å². The lowest BCUT2D eigenvalue weighted by atomic mass is 9.62. The Morgan fingerprint density at radius 1 is 1.11 bits per heavy atom. The monoisotopic (exact) mass is 529 g/mol. The fraction of sp³-hybridized carbons (Fsp3) is 0.400. The molecule has 5 rings (SSSR count). The van der Waals surface area contributed by atoms with E-state index in [-0.39, 0.29) is 27.9 Å². The standard InChI is InChI=1S/C25H27N3O6S2/c1-25(14-15-7-3-4-8-15)18-10-6-5-9-17(18)22(29)21(23(25)30)24-26-19-12-11-16(27-35(2,31)32)13-20(19)36(33,34)28-24/h5-6,9-13,15,21,27H,3-4,7-8,14H2,1-2H3,(H,26,28)/t21?,25-/m0/s1. The molecule has 36 heavy (non-hydrogen) atoms. The molecule has 9 nitrogen and oxygen atoms in total.